The molecule has 7 aromatic carbocycles. The molecule has 13 aromatic rings. The average Bonchev–Trinajstić information content (AvgIpc) is 3.81. The number of rotatable bonds is 0. The van der Waals surface area contributed by atoms with Crippen molar-refractivity contribution < 1.29 is 8.83 Å². The van der Waals surface area contributed by atoms with Crippen molar-refractivity contribution in [1.29, 1.82) is 0 Å². The predicted octanol–water partition coefficient (Wildman–Crippen LogP) is 7.61. The van der Waals surface area contributed by atoms with E-state index in [1.807, 2.05) is 72.8 Å². The Balaban J connectivity index is 1.41. The van der Waals surface area contributed by atoms with Crippen molar-refractivity contribution in [3.8, 4) is 0 Å². The number of hydrogen-bond acceptors (Lipinski definition) is 6. The van der Waals surface area contributed by atoms with Gasteiger partial charge in [-0.3, -0.25) is 18.4 Å². The Hall–Kier alpha value is -6.28. The third-order valence-corrected chi connectivity index (χ3v) is 10.1. The van der Waals surface area contributed by atoms with Crippen LogP contribution in [-0.2, 0) is 0 Å². The molecule has 0 fully saturated rings. The molecule has 0 N–H and O–H groups in total. The molecule has 0 aliphatic rings. The zero-order valence-electron chi connectivity index (χ0n) is 22.4. The molecule has 200 valence electrons. The molecule has 8 nitrogen and oxygen atoms in total. The van der Waals surface area contributed by atoms with Crippen LogP contribution in [0.4, 0.5) is 0 Å². The summed E-state index contributed by atoms with van der Waals surface area (Å²) in [4.78, 5) is 38.3. The molecule has 44 heavy (non-hydrogen) atoms. The summed E-state index contributed by atoms with van der Waals surface area (Å²) in [5.41, 5.74) is 6.60. The van der Waals surface area contributed by atoms with Crippen molar-refractivity contribution in [3.63, 3.8) is 0 Å². The minimum Gasteiger partial charge on any atom is -0.456 e. The van der Waals surface area contributed by atoms with Gasteiger partial charge in [0.15, 0.2) is 0 Å². The number of fused-ring (bicyclic) bond motifs is 8. The molecular weight excluding hydrogens is 552 g/mol. The SMILES string of the molecule is O=c1c2cc3oc4cc5c(=O)n6c7ccccc7nc6c6cc7oc8cc(c2c2c3c4c(c56)c7c82)c2nc3ccccc3n12. The Kier molecular flexibility index (Phi) is 2.85. The lowest BCUT2D eigenvalue weighted by Crippen LogP contribution is -2.13. The van der Waals surface area contributed by atoms with Crippen molar-refractivity contribution in [2.75, 3.05) is 0 Å². The van der Waals surface area contributed by atoms with Gasteiger partial charge in [0.2, 0.25) is 0 Å². The van der Waals surface area contributed by atoms with Crippen LogP contribution in [0.2, 0.25) is 0 Å². The maximum Gasteiger partial charge on any atom is 0.264 e. The first-order valence-corrected chi connectivity index (χ1v) is 14.4. The highest BCUT2D eigenvalue weighted by Gasteiger charge is 2.31. The number of para-hydroxylation sites is 4. The standard InChI is InChI=1S/C36H12N4O4/c41-35-15-11-23-29-30-24(44-23)12-16-26-14(34-38-18-6-2-4-8-20(18)40(34)36(16)42)10-22-28(32(26)30)27-21(43-22)9-13(25(15)31(27)29)33-37-17-5-1-3-7-19(17)39(33)35/h1-12H. The van der Waals surface area contributed by atoms with E-state index in [-0.39, 0.29) is 11.1 Å². The van der Waals surface area contributed by atoms with Gasteiger partial charge < -0.3 is 8.83 Å². The van der Waals surface area contributed by atoms with E-state index in [4.69, 9.17) is 18.8 Å². The fourth-order valence-corrected chi connectivity index (χ4v) is 8.48. The molecule has 8 heteroatoms. The zero-order valence-corrected chi connectivity index (χ0v) is 22.4. The molecule has 6 aromatic heterocycles. The van der Waals surface area contributed by atoms with Crippen LogP contribution < -0.4 is 11.1 Å². The van der Waals surface area contributed by atoms with Gasteiger partial charge in [-0.05, 0) is 48.5 Å². The number of furan rings is 2. The minimum atomic E-state index is -0.139. The summed E-state index contributed by atoms with van der Waals surface area (Å²) < 4.78 is 16.7. The molecule has 0 aliphatic heterocycles. The number of benzene rings is 7. The topological polar surface area (TPSA) is 95.0 Å². The molecule has 0 aliphatic carbocycles. The quantitative estimate of drug-likeness (QED) is 0.139. The summed E-state index contributed by atoms with van der Waals surface area (Å²) >= 11 is 0. The van der Waals surface area contributed by atoms with Gasteiger partial charge in [0.1, 0.15) is 33.6 Å². The Labute approximate surface area is 241 Å². The van der Waals surface area contributed by atoms with E-state index in [9.17, 15) is 9.59 Å². The fourth-order valence-electron chi connectivity index (χ4n) is 8.48. The first-order chi connectivity index (χ1) is 21.7. The summed E-state index contributed by atoms with van der Waals surface area (Å²) in [5, 5.41) is 10.2. The molecule has 0 atom stereocenters. The molecule has 0 radical (unpaired) electrons. The summed E-state index contributed by atoms with van der Waals surface area (Å²) in [5.74, 6) is 0. The summed E-state index contributed by atoms with van der Waals surface area (Å²) in [6.07, 6.45) is 0. The van der Waals surface area contributed by atoms with Gasteiger partial charge in [-0.15, -0.1) is 0 Å². The van der Waals surface area contributed by atoms with Crippen molar-refractivity contribution >= 4 is 120 Å². The van der Waals surface area contributed by atoms with E-state index in [0.717, 1.165) is 75.9 Å². The van der Waals surface area contributed by atoms with E-state index >= 15 is 0 Å². The molecule has 0 saturated carbocycles. The van der Waals surface area contributed by atoms with Crippen LogP contribution in [0, 0.1) is 0 Å². The Morgan fingerprint density at radius 3 is 1.27 bits per heavy atom. The van der Waals surface area contributed by atoms with Gasteiger partial charge in [-0.2, -0.15) is 0 Å². The molecule has 0 amide bonds. The van der Waals surface area contributed by atoms with Gasteiger partial charge in [0.25, 0.3) is 11.1 Å². The fraction of sp³-hybridized carbons (Fsp3) is 0. The van der Waals surface area contributed by atoms with Crippen LogP contribution in [0.1, 0.15) is 0 Å². The summed E-state index contributed by atoms with van der Waals surface area (Å²) in [6, 6.07) is 23.2. The molecule has 0 bridgehead atoms. The normalized spacial score (nSPS) is 13.6. The van der Waals surface area contributed by atoms with Gasteiger partial charge in [-0.1, -0.05) is 24.3 Å². The van der Waals surface area contributed by atoms with E-state index in [2.05, 4.69) is 0 Å². The van der Waals surface area contributed by atoms with Crippen LogP contribution in [0.3, 0.4) is 0 Å². The number of imidazole rings is 2. The Morgan fingerprint density at radius 1 is 0.455 bits per heavy atom. The van der Waals surface area contributed by atoms with Gasteiger partial charge in [-0.25, -0.2) is 9.97 Å². The highest BCUT2D eigenvalue weighted by atomic mass is 16.3. The van der Waals surface area contributed by atoms with E-state index < -0.39 is 0 Å². The van der Waals surface area contributed by atoms with E-state index in [1.54, 1.807) is 8.80 Å². The number of pyridine rings is 2. The highest BCUT2D eigenvalue weighted by molar-refractivity contribution is 6.49. The lowest BCUT2D eigenvalue weighted by atomic mass is 9.86. The smallest absolute Gasteiger partial charge is 0.264 e. The highest BCUT2D eigenvalue weighted by Crippen LogP contribution is 2.54. The number of aromatic nitrogens is 4. The van der Waals surface area contributed by atoms with Crippen LogP contribution in [0.15, 0.2) is 91.2 Å². The van der Waals surface area contributed by atoms with Gasteiger partial charge in [0.05, 0.1) is 32.8 Å². The lowest BCUT2D eigenvalue weighted by molar-refractivity contribution is 0.669. The second-order valence-corrected chi connectivity index (χ2v) is 12.0. The molecule has 0 spiro atoms. The second-order valence-electron chi connectivity index (χ2n) is 12.0. The summed E-state index contributed by atoms with van der Waals surface area (Å²) in [6.45, 7) is 0. The maximum absolute atomic E-state index is 14.2. The third kappa shape index (κ3) is 1.87. The van der Waals surface area contributed by atoms with Crippen LogP contribution in [-0.4, -0.2) is 18.8 Å². The molecular formula is C36H12N4O4. The van der Waals surface area contributed by atoms with Crippen molar-refractivity contribution in [1.82, 2.24) is 18.8 Å². The zero-order chi connectivity index (χ0) is 28.3. The van der Waals surface area contributed by atoms with Crippen molar-refractivity contribution in [3.05, 3.63) is 93.5 Å². The number of nitrogens with zero attached hydrogens (tertiary/aromatic N) is 4. The van der Waals surface area contributed by atoms with E-state index in [0.29, 0.717) is 44.4 Å². The largest absolute Gasteiger partial charge is 0.456 e. The van der Waals surface area contributed by atoms with Crippen LogP contribution in [0.5, 0.6) is 0 Å². The lowest BCUT2D eigenvalue weighted by Gasteiger charge is -2.14. The van der Waals surface area contributed by atoms with Crippen LogP contribution >= 0.6 is 0 Å². The second kappa shape index (κ2) is 6.09. The summed E-state index contributed by atoms with van der Waals surface area (Å²) in [7, 11) is 0. The minimum absolute atomic E-state index is 0.139. The molecule has 0 saturated heterocycles. The third-order valence-electron chi connectivity index (χ3n) is 10.1. The average molecular weight is 565 g/mol. The van der Waals surface area contributed by atoms with Gasteiger partial charge >= 0.3 is 0 Å². The van der Waals surface area contributed by atoms with Gasteiger partial charge in [0, 0.05) is 53.9 Å². The van der Waals surface area contributed by atoms with E-state index in [1.165, 1.54) is 0 Å². The Morgan fingerprint density at radius 2 is 0.841 bits per heavy atom. The maximum atomic E-state index is 14.2. The molecule has 0 unspecified atom stereocenters. The predicted molar refractivity (Wildman–Crippen MR) is 172 cm³/mol. The van der Waals surface area contributed by atoms with Crippen LogP contribution in [0.25, 0.3) is 120 Å². The monoisotopic (exact) mass is 564 g/mol. The number of hydrogen-bond donors (Lipinski definition) is 0. The van der Waals surface area contributed by atoms with Crippen molar-refractivity contribution in [2.24, 2.45) is 0 Å². The Bertz CT molecular complexity index is 3290. The molecule has 6 heterocycles. The van der Waals surface area contributed by atoms with Crippen molar-refractivity contribution in [2.45, 2.75) is 0 Å². The molecule has 13 rings (SSSR count). The first-order valence-electron chi connectivity index (χ1n) is 14.4. The first kappa shape index (κ1) is 20.6.